The maximum atomic E-state index is 12.8. The fourth-order valence-electron chi connectivity index (χ4n) is 7.74. The molecule has 0 rings (SSSR count). The number of carbonyl (C=O) groups excluding carboxylic acids is 3. The van der Waals surface area contributed by atoms with E-state index in [1.807, 2.05) is 18.2 Å². The van der Waals surface area contributed by atoms with E-state index in [1.54, 1.807) is 0 Å². The summed E-state index contributed by atoms with van der Waals surface area (Å²) in [6.45, 7) is 6.49. The molecule has 0 amide bonds. The first-order chi connectivity index (χ1) is 31.5. The summed E-state index contributed by atoms with van der Waals surface area (Å²) in [5.74, 6) is -0.908. The van der Waals surface area contributed by atoms with Crippen molar-refractivity contribution in [3.8, 4) is 0 Å². The van der Waals surface area contributed by atoms with Gasteiger partial charge < -0.3 is 14.2 Å². The van der Waals surface area contributed by atoms with Crippen molar-refractivity contribution in [2.75, 3.05) is 13.2 Å². The number of unbranched alkanes of at least 4 members (excludes halogenated alkanes) is 31. The third-order valence-corrected chi connectivity index (χ3v) is 11.9. The van der Waals surface area contributed by atoms with E-state index in [-0.39, 0.29) is 31.1 Å². The number of esters is 3. The molecule has 0 aliphatic carbocycles. The van der Waals surface area contributed by atoms with Crippen LogP contribution >= 0.6 is 0 Å². The molecule has 0 fully saturated rings. The Morgan fingerprint density at radius 1 is 0.328 bits per heavy atom. The van der Waals surface area contributed by atoms with Crippen LogP contribution in [0, 0.1) is 0 Å². The van der Waals surface area contributed by atoms with Crippen LogP contribution in [0.25, 0.3) is 0 Å². The van der Waals surface area contributed by atoms with Gasteiger partial charge in [-0.1, -0.05) is 248 Å². The topological polar surface area (TPSA) is 78.9 Å². The molecular weight excluding hydrogens is 793 g/mol. The van der Waals surface area contributed by atoms with Gasteiger partial charge in [0.05, 0.1) is 0 Å². The summed E-state index contributed by atoms with van der Waals surface area (Å²) in [5.41, 5.74) is 0. The van der Waals surface area contributed by atoms with Gasteiger partial charge >= 0.3 is 17.9 Å². The van der Waals surface area contributed by atoms with Crippen LogP contribution in [-0.2, 0) is 28.6 Å². The lowest BCUT2D eigenvalue weighted by Crippen LogP contribution is -2.30. The third kappa shape index (κ3) is 50.1. The quantitative estimate of drug-likeness (QED) is 0.0199. The number of allylic oxidation sites excluding steroid dienone is 10. The molecule has 0 aliphatic rings. The van der Waals surface area contributed by atoms with Gasteiger partial charge in [-0.2, -0.15) is 0 Å². The molecule has 0 heterocycles. The van der Waals surface area contributed by atoms with Gasteiger partial charge in [-0.15, -0.1) is 0 Å². The van der Waals surface area contributed by atoms with Crippen molar-refractivity contribution in [2.24, 2.45) is 0 Å². The zero-order valence-corrected chi connectivity index (χ0v) is 42.3. The highest BCUT2D eigenvalue weighted by Gasteiger charge is 2.19. The summed E-state index contributed by atoms with van der Waals surface area (Å²) in [4.78, 5) is 38.0. The van der Waals surface area contributed by atoms with Gasteiger partial charge in [0.1, 0.15) is 13.2 Å². The molecule has 0 radical (unpaired) electrons. The van der Waals surface area contributed by atoms with Crippen LogP contribution in [0.3, 0.4) is 0 Å². The maximum Gasteiger partial charge on any atom is 0.306 e. The number of rotatable bonds is 49. The second-order valence-corrected chi connectivity index (χ2v) is 18.2. The average molecular weight is 895 g/mol. The minimum absolute atomic E-state index is 0.0845. The monoisotopic (exact) mass is 895 g/mol. The van der Waals surface area contributed by atoms with Gasteiger partial charge in [0.2, 0.25) is 0 Å². The average Bonchev–Trinajstić information content (AvgIpc) is 3.29. The van der Waals surface area contributed by atoms with Crippen LogP contribution < -0.4 is 0 Å². The standard InChI is InChI=1S/C58H102O6/c1-4-7-10-13-16-19-22-25-27-28-29-31-33-36-39-42-45-48-51-57(60)63-54-55(53-62-56(59)50-47-44-41-38-35-32-24-21-18-15-12-9-6-3)64-58(61)52-49-46-43-40-37-34-30-26-23-20-17-14-11-8-5-2/h8,11,14,17,20,23,26,29-31,55H,4-7,9-10,12-13,15-16,18-19,21-22,24-25,27-28,32-54H2,1-3H3/b11-8-,17-14-,23-20-,30-26-,31-29-. The molecule has 6 heteroatoms. The molecular formula is C58H102O6. The summed E-state index contributed by atoms with van der Waals surface area (Å²) in [7, 11) is 0. The molecule has 0 aliphatic heterocycles. The van der Waals surface area contributed by atoms with Gasteiger partial charge in [0, 0.05) is 19.3 Å². The van der Waals surface area contributed by atoms with E-state index < -0.39 is 6.10 Å². The van der Waals surface area contributed by atoms with Gasteiger partial charge in [-0.3, -0.25) is 14.4 Å². The summed E-state index contributed by atoms with van der Waals surface area (Å²) in [6, 6.07) is 0. The molecule has 0 aromatic carbocycles. The van der Waals surface area contributed by atoms with E-state index in [1.165, 1.54) is 141 Å². The first-order valence-electron chi connectivity index (χ1n) is 27.3. The Hall–Kier alpha value is -2.89. The van der Waals surface area contributed by atoms with Crippen molar-refractivity contribution < 1.29 is 28.6 Å². The second-order valence-electron chi connectivity index (χ2n) is 18.2. The lowest BCUT2D eigenvalue weighted by Gasteiger charge is -2.18. The summed E-state index contributed by atoms with van der Waals surface area (Å²) in [5, 5.41) is 0. The van der Waals surface area contributed by atoms with Gasteiger partial charge in [-0.05, 0) is 64.2 Å². The van der Waals surface area contributed by atoms with Crippen molar-refractivity contribution in [1.29, 1.82) is 0 Å². The minimum atomic E-state index is -0.787. The van der Waals surface area contributed by atoms with Crippen LogP contribution in [0.15, 0.2) is 60.8 Å². The van der Waals surface area contributed by atoms with Crippen molar-refractivity contribution in [1.82, 2.24) is 0 Å². The molecule has 0 saturated carbocycles. The highest BCUT2D eigenvalue weighted by atomic mass is 16.6. The maximum absolute atomic E-state index is 12.8. The van der Waals surface area contributed by atoms with Gasteiger partial charge in [-0.25, -0.2) is 0 Å². The second kappa shape index (κ2) is 52.7. The van der Waals surface area contributed by atoms with E-state index in [0.29, 0.717) is 19.3 Å². The van der Waals surface area contributed by atoms with E-state index >= 15 is 0 Å². The van der Waals surface area contributed by atoms with E-state index in [4.69, 9.17) is 14.2 Å². The minimum Gasteiger partial charge on any atom is -0.462 e. The summed E-state index contributed by atoms with van der Waals surface area (Å²) < 4.78 is 16.8. The van der Waals surface area contributed by atoms with Crippen molar-refractivity contribution >= 4 is 17.9 Å². The Labute approximate surface area is 396 Å². The zero-order valence-electron chi connectivity index (χ0n) is 42.3. The predicted octanol–water partition coefficient (Wildman–Crippen LogP) is 18.0. The van der Waals surface area contributed by atoms with Crippen molar-refractivity contribution in [2.45, 2.75) is 277 Å². The normalized spacial score (nSPS) is 12.5. The molecule has 1 atom stereocenters. The molecule has 1 unspecified atom stereocenters. The van der Waals surface area contributed by atoms with E-state index in [0.717, 1.165) is 89.9 Å². The number of ether oxygens (including phenoxy) is 3. The molecule has 0 bridgehead atoms. The van der Waals surface area contributed by atoms with E-state index in [2.05, 4.69) is 63.3 Å². The Kier molecular flexibility index (Phi) is 50.4. The van der Waals surface area contributed by atoms with E-state index in [9.17, 15) is 14.4 Å². The molecule has 0 saturated heterocycles. The van der Waals surface area contributed by atoms with Gasteiger partial charge in [0.15, 0.2) is 6.10 Å². The van der Waals surface area contributed by atoms with Crippen LogP contribution in [0.4, 0.5) is 0 Å². The molecule has 64 heavy (non-hydrogen) atoms. The Bertz CT molecular complexity index is 1170. The molecule has 0 N–H and O–H groups in total. The smallest absolute Gasteiger partial charge is 0.306 e. The number of hydrogen-bond donors (Lipinski definition) is 0. The fraction of sp³-hybridized carbons (Fsp3) is 0.776. The van der Waals surface area contributed by atoms with Crippen LogP contribution in [0.1, 0.15) is 271 Å². The highest BCUT2D eigenvalue weighted by molar-refractivity contribution is 5.71. The fourth-order valence-corrected chi connectivity index (χ4v) is 7.74. The molecule has 0 aromatic rings. The Morgan fingerprint density at radius 3 is 1.00 bits per heavy atom. The van der Waals surface area contributed by atoms with Crippen molar-refractivity contribution in [3.05, 3.63) is 60.8 Å². The largest absolute Gasteiger partial charge is 0.462 e. The predicted molar refractivity (Wildman–Crippen MR) is 275 cm³/mol. The molecule has 6 nitrogen and oxygen atoms in total. The first kappa shape index (κ1) is 61.1. The van der Waals surface area contributed by atoms with Gasteiger partial charge in [0.25, 0.3) is 0 Å². The van der Waals surface area contributed by atoms with Crippen LogP contribution in [0.5, 0.6) is 0 Å². The third-order valence-electron chi connectivity index (χ3n) is 11.9. The number of carbonyl (C=O) groups is 3. The zero-order chi connectivity index (χ0) is 46.5. The molecule has 0 spiro atoms. The molecule has 0 aromatic heterocycles. The van der Waals surface area contributed by atoms with Crippen LogP contribution in [-0.4, -0.2) is 37.2 Å². The van der Waals surface area contributed by atoms with Crippen molar-refractivity contribution in [3.63, 3.8) is 0 Å². The SMILES string of the molecule is CC\C=C/C=C\C=C/C=C\CCCCCCCC(=O)OC(COC(=O)CCCCCCC/C=C\CCCCCCCCCCC)COC(=O)CCCCCCCCCCCCCCC. The number of hydrogen-bond acceptors (Lipinski definition) is 6. The Balaban J connectivity index is 4.39. The Morgan fingerprint density at radius 2 is 0.625 bits per heavy atom. The highest BCUT2D eigenvalue weighted by Crippen LogP contribution is 2.15. The lowest BCUT2D eigenvalue weighted by atomic mass is 10.0. The first-order valence-corrected chi connectivity index (χ1v) is 27.3. The summed E-state index contributed by atoms with van der Waals surface area (Å²) >= 11 is 0. The lowest BCUT2D eigenvalue weighted by molar-refractivity contribution is -0.167. The van der Waals surface area contributed by atoms with Crippen LogP contribution in [0.2, 0.25) is 0 Å². The summed E-state index contributed by atoms with van der Waals surface area (Å²) in [6.07, 6.45) is 64.9. The molecule has 370 valence electrons.